The summed E-state index contributed by atoms with van der Waals surface area (Å²) in [7, 11) is 0. The Bertz CT molecular complexity index is 569. The van der Waals surface area contributed by atoms with Crippen LogP contribution in [-0.2, 0) is 4.74 Å². The third-order valence-corrected chi connectivity index (χ3v) is 5.40. The summed E-state index contributed by atoms with van der Waals surface area (Å²) < 4.78 is 6.83. The summed E-state index contributed by atoms with van der Waals surface area (Å²) in [5.41, 5.74) is -0.606. The molecule has 19 heavy (non-hydrogen) atoms. The molecule has 1 saturated heterocycles. The molecule has 2 unspecified atom stereocenters. The van der Waals surface area contributed by atoms with Crippen LogP contribution in [0.3, 0.4) is 0 Å². The summed E-state index contributed by atoms with van der Waals surface area (Å²) in [5, 5.41) is 19.2. The van der Waals surface area contributed by atoms with Crippen LogP contribution in [-0.4, -0.2) is 53.5 Å². The number of rotatable bonds is 3. The van der Waals surface area contributed by atoms with Gasteiger partial charge in [-0.15, -0.1) is 0 Å². The molecule has 3 N–H and O–H groups in total. The number of H-pyrrole nitrogens is 1. The molecular weight excluding hydrogens is 319 g/mol. The average molecular weight is 335 g/mol. The predicted molar refractivity (Wildman–Crippen MR) is 68.4 cm³/mol. The first kappa shape index (κ1) is 14.5. The Morgan fingerprint density at radius 2 is 2.21 bits per heavy atom. The van der Waals surface area contributed by atoms with Gasteiger partial charge in [0.05, 0.1) is 0 Å². The molecule has 0 saturated carbocycles. The zero-order chi connectivity index (χ0) is 14.2. The molecule has 1 aliphatic heterocycles. The third-order valence-electron chi connectivity index (χ3n) is 3.18. The molecule has 4 atom stereocenters. The molecule has 2 rings (SSSR count). The third kappa shape index (κ3) is 2.54. The van der Waals surface area contributed by atoms with Crippen LogP contribution in [0.5, 0.6) is 0 Å². The Labute approximate surface area is 115 Å². The average Bonchev–Trinajstić information content (AvgIpc) is 2.70. The molecule has 0 aliphatic carbocycles. The number of hydrogen-bond donors (Lipinski definition) is 3. The second-order valence-corrected chi connectivity index (χ2v) is 6.55. The Morgan fingerprint density at radius 3 is 2.79 bits per heavy atom. The maximum absolute atomic E-state index is 11.8. The van der Waals surface area contributed by atoms with Crippen molar-refractivity contribution in [3.8, 4) is 0 Å². The second kappa shape index (κ2) is 5.60. The summed E-state index contributed by atoms with van der Waals surface area (Å²) in [4.78, 5) is 25.1. The molecule has 0 amide bonds. The number of aliphatic hydroxyl groups excluding tert-OH is 2. The first-order valence-electron chi connectivity index (χ1n) is 5.78. The van der Waals surface area contributed by atoms with E-state index >= 15 is 0 Å². The van der Waals surface area contributed by atoms with Gasteiger partial charge < -0.3 is 0 Å². The molecule has 7 nitrogen and oxygen atoms in total. The van der Waals surface area contributed by atoms with Gasteiger partial charge in [0.1, 0.15) is 0 Å². The van der Waals surface area contributed by atoms with Crippen LogP contribution in [0.25, 0.3) is 0 Å². The first-order chi connectivity index (χ1) is 8.99. The van der Waals surface area contributed by atoms with E-state index in [4.69, 9.17) is 9.84 Å². The van der Waals surface area contributed by atoms with E-state index in [9.17, 15) is 14.7 Å². The van der Waals surface area contributed by atoms with E-state index in [1.165, 1.54) is 10.8 Å². The predicted octanol–water partition coefficient (Wildman–Crippen LogP) is -1.36. The summed E-state index contributed by atoms with van der Waals surface area (Å²) in [5.74, 6) is 1.93. The van der Waals surface area contributed by atoms with Gasteiger partial charge in [0.25, 0.3) is 0 Å². The van der Waals surface area contributed by atoms with E-state index in [0.717, 1.165) is 0 Å². The Balaban J connectivity index is 2.44. The fourth-order valence-electron chi connectivity index (χ4n) is 2.12. The number of aliphatic hydroxyl groups is 2. The maximum atomic E-state index is 11.8. The molecule has 0 spiro atoms. The molecule has 1 aromatic heterocycles. The van der Waals surface area contributed by atoms with Crippen LogP contribution in [0.4, 0.5) is 0 Å². The normalized spacial score (nSPS) is 30.7. The summed E-state index contributed by atoms with van der Waals surface area (Å²) in [6, 6.07) is 0. The van der Waals surface area contributed by atoms with Crippen LogP contribution in [0, 0.1) is 6.92 Å². The fourth-order valence-corrected chi connectivity index (χ4v) is 3.97. The minimum absolute atomic E-state index is 0.0253. The van der Waals surface area contributed by atoms with Crippen molar-refractivity contribution < 1.29 is 14.9 Å². The van der Waals surface area contributed by atoms with E-state index in [0.29, 0.717) is 5.56 Å². The summed E-state index contributed by atoms with van der Waals surface area (Å²) in [6.45, 7) is 1.29. The molecule has 0 aromatic carbocycles. The quantitative estimate of drug-likeness (QED) is 0.592. The number of hydrogen-bond acceptors (Lipinski definition) is 5. The van der Waals surface area contributed by atoms with Crippen molar-refractivity contribution in [3.63, 3.8) is 0 Å². The van der Waals surface area contributed by atoms with E-state index < -0.39 is 29.7 Å². The number of aryl methyl sites for hydroxylation is 1. The van der Waals surface area contributed by atoms with Crippen molar-refractivity contribution in [1.82, 2.24) is 9.55 Å². The van der Waals surface area contributed by atoms with Gasteiger partial charge in [-0.1, -0.05) is 0 Å². The van der Waals surface area contributed by atoms with Crippen LogP contribution < -0.4 is 11.2 Å². The van der Waals surface area contributed by atoms with Gasteiger partial charge in [-0.2, -0.15) is 0 Å². The second-order valence-electron chi connectivity index (χ2n) is 4.42. The number of ether oxygens (including phenoxy) is 1. The minimum atomic E-state index is -0.806. The molecular formula is C11H16N2O5Se. The van der Waals surface area contributed by atoms with Gasteiger partial charge in [0, 0.05) is 0 Å². The van der Waals surface area contributed by atoms with Crippen LogP contribution in [0.2, 0.25) is 10.6 Å². The van der Waals surface area contributed by atoms with Gasteiger partial charge in [-0.05, 0) is 0 Å². The van der Waals surface area contributed by atoms with Crippen molar-refractivity contribution in [1.29, 1.82) is 0 Å². The zero-order valence-corrected chi connectivity index (χ0v) is 12.3. The molecule has 1 fully saturated rings. The monoisotopic (exact) mass is 336 g/mol. The molecule has 1 aliphatic rings. The topological polar surface area (TPSA) is 105 Å². The van der Waals surface area contributed by atoms with Gasteiger partial charge in [-0.25, -0.2) is 0 Å². The van der Waals surface area contributed by atoms with E-state index in [1.54, 1.807) is 6.92 Å². The Kier molecular flexibility index (Phi) is 4.27. The van der Waals surface area contributed by atoms with Crippen LogP contribution >= 0.6 is 0 Å². The van der Waals surface area contributed by atoms with E-state index in [-0.39, 0.29) is 26.4 Å². The van der Waals surface area contributed by atoms with Gasteiger partial charge in [-0.3, -0.25) is 0 Å². The number of nitrogens with one attached hydrogen (secondary N) is 1. The molecule has 1 aromatic rings. The van der Waals surface area contributed by atoms with Crippen LogP contribution in [0.1, 0.15) is 11.8 Å². The van der Waals surface area contributed by atoms with Gasteiger partial charge in [0.2, 0.25) is 0 Å². The molecule has 2 heterocycles. The standard InChI is InChI=1S/C11H16N2O5Se/c1-5-3-13(11(17)12-9(5)16)10-8(19-2)7(15)6(4-14)18-10/h3,6-8,10,14-15H,4H2,1-2H3,(H,12,16,17)/t6?,7-,8?,10+/m0/s1. The van der Waals surface area contributed by atoms with Crippen molar-refractivity contribution >= 4 is 15.0 Å². The van der Waals surface area contributed by atoms with Crippen molar-refractivity contribution in [3.05, 3.63) is 32.6 Å². The van der Waals surface area contributed by atoms with E-state index in [2.05, 4.69) is 4.98 Å². The molecule has 0 radical (unpaired) electrons. The summed E-state index contributed by atoms with van der Waals surface area (Å²) >= 11 is 0.0253. The number of nitrogens with zero attached hydrogens (tertiary/aromatic N) is 1. The number of aromatic nitrogens is 2. The summed E-state index contributed by atoms with van der Waals surface area (Å²) in [6.07, 6.45) is -0.730. The van der Waals surface area contributed by atoms with Gasteiger partial charge >= 0.3 is 115 Å². The van der Waals surface area contributed by atoms with Crippen molar-refractivity contribution in [2.75, 3.05) is 6.61 Å². The van der Waals surface area contributed by atoms with Crippen molar-refractivity contribution in [2.24, 2.45) is 0 Å². The molecule has 8 heteroatoms. The molecule has 106 valence electrons. The SMILES string of the molecule is C[Se]C1[C@@H](O)C(CO)O[C@H]1n1cc(C)c(=O)[nH]c1=O. The van der Waals surface area contributed by atoms with E-state index in [1.807, 2.05) is 5.82 Å². The number of aromatic amines is 1. The fraction of sp³-hybridized carbons (Fsp3) is 0.636. The first-order valence-corrected chi connectivity index (χ1v) is 8.49. The molecule has 0 bridgehead atoms. The van der Waals surface area contributed by atoms with Crippen molar-refractivity contribution in [2.45, 2.75) is 36.0 Å². The van der Waals surface area contributed by atoms with Crippen LogP contribution in [0.15, 0.2) is 15.8 Å². The zero-order valence-electron chi connectivity index (χ0n) is 10.6. The Hall–Kier alpha value is -0.921. The van der Waals surface area contributed by atoms with Gasteiger partial charge in [0.15, 0.2) is 0 Å². The Morgan fingerprint density at radius 1 is 1.53 bits per heavy atom.